The lowest BCUT2D eigenvalue weighted by molar-refractivity contribution is 1.41. The molecule has 1 aliphatic heterocycles. The number of pyridine rings is 1. The zero-order valence-corrected chi connectivity index (χ0v) is 13.1. The molecule has 3 heterocycles. The zero-order valence-electron chi connectivity index (χ0n) is 11.4. The van der Waals surface area contributed by atoms with Gasteiger partial charge < -0.3 is 0 Å². The summed E-state index contributed by atoms with van der Waals surface area (Å²) in [4.78, 5) is 5.67. The lowest BCUT2D eigenvalue weighted by atomic mass is 10.1. The average molecular weight is 308 g/mol. The van der Waals surface area contributed by atoms with Crippen molar-refractivity contribution in [1.82, 2.24) is 4.98 Å². The van der Waals surface area contributed by atoms with E-state index in [2.05, 4.69) is 64.4 Å². The Bertz CT molecular complexity index is 800. The molecule has 3 aromatic rings. The van der Waals surface area contributed by atoms with E-state index in [1.807, 2.05) is 6.07 Å². The molecule has 1 radical (unpaired) electrons. The van der Waals surface area contributed by atoms with Crippen molar-refractivity contribution >= 4 is 32.4 Å². The Morgan fingerprint density at radius 2 is 2.05 bits per heavy atom. The van der Waals surface area contributed by atoms with Crippen LogP contribution in [0.1, 0.15) is 5.56 Å². The molecule has 0 aliphatic carbocycles. The summed E-state index contributed by atoms with van der Waals surface area (Å²) in [5.41, 5.74) is 3.73. The Labute approximate surface area is 131 Å². The standard InChI is InChI=1S/C18H14NS2/c1-2-10-21(9-1)13-14-5-3-6-15(11-14)18-12-16-17(20-18)7-4-8-19-16/h1-6,8-12,21H,13H2. The molecule has 2 aromatic heterocycles. The van der Waals surface area contributed by atoms with Crippen molar-refractivity contribution in [3.63, 3.8) is 0 Å². The second-order valence-corrected chi connectivity index (χ2v) is 7.96. The highest BCUT2D eigenvalue weighted by Crippen LogP contribution is 2.38. The number of allylic oxidation sites excluding steroid dienone is 2. The third kappa shape index (κ3) is 2.67. The maximum atomic E-state index is 4.40. The molecule has 0 spiro atoms. The van der Waals surface area contributed by atoms with E-state index in [4.69, 9.17) is 0 Å². The van der Waals surface area contributed by atoms with Crippen molar-refractivity contribution in [1.29, 1.82) is 0 Å². The average Bonchev–Trinajstić information content (AvgIpc) is 3.16. The fourth-order valence-electron chi connectivity index (χ4n) is 2.46. The first kappa shape index (κ1) is 12.9. The summed E-state index contributed by atoms with van der Waals surface area (Å²) >= 11 is 1.76. The Hall–Kier alpha value is -1.84. The Kier molecular flexibility index (Phi) is 3.37. The van der Waals surface area contributed by atoms with E-state index in [9.17, 15) is 0 Å². The summed E-state index contributed by atoms with van der Waals surface area (Å²) in [6, 6.07) is 16.2. The third-order valence-electron chi connectivity index (χ3n) is 3.46. The number of thiophene rings is 1. The number of benzene rings is 1. The lowest BCUT2D eigenvalue weighted by Crippen LogP contribution is -1.83. The van der Waals surface area contributed by atoms with Crippen LogP contribution in [0.2, 0.25) is 0 Å². The van der Waals surface area contributed by atoms with E-state index < -0.39 is 0 Å². The van der Waals surface area contributed by atoms with Gasteiger partial charge in [-0.25, -0.2) is 10.9 Å². The normalized spacial score (nSPS) is 15.1. The van der Waals surface area contributed by atoms with Gasteiger partial charge in [0, 0.05) is 22.9 Å². The first-order valence-corrected chi connectivity index (χ1v) is 9.33. The summed E-state index contributed by atoms with van der Waals surface area (Å²) in [6.45, 7) is 0. The molecule has 1 aliphatic rings. The minimum Gasteiger partial charge on any atom is -0.255 e. The molecule has 3 heteroatoms. The second-order valence-electron chi connectivity index (χ2n) is 4.97. The van der Waals surface area contributed by atoms with E-state index in [-0.39, 0.29) is 10.9 Å². The summed E-state index contributed by atoms with van der Waals surface area (Å²) in [5.74, 6) is 1.13. The maximum Gasteiger partial charge on any atom is 0.0822 e. The van der Waals surface area contributed by atoms with E-state index in [0.29, 0.717) is 0 Å². The highest BCUT2D eigenvalue weighted by molar-refractivity contribution is 8.21. The minimum absolute atomic E-state index is 0.0984. The predicted octanol–water partition coefficient (Wildman–Crippen LogP) is 5.31. The van der Waals surface area contributed by atoms with E-state index in [1.165, 1.54) is 16.0 Å². The van der Waals surface area contributed by atoms with Gasteiger partial charge in [-0.3, -0.25) is 4.98 Å². The van der Waals surface area contributed by atoms with Gasteiger partial charge in [0.15, 0.2) is 0 Å². The molecule has 4 rings (SSSR count). The largest absolute Gasteiger partial charge is 0.255 e. The van der Waals surface area contributed by atoms with Crippen molar-refractivity contribution in [2.24, 2.45) is 0 Å². The predicted molar refractivity (Wildman–Crippen MR) is 94.9 cm³/mol. The Morgan fingerprint density at radius 3 is 2.90 bits per heavy atom. The van der Waals surface area contributed by atoms with Crippen LogP contribution in [0, 0.1) is 6.07 Å². The highest BCUT2D eigenvalue weighted by atomic mass is 32.2. The van der Waals surface area contributed by atoms with Crippen LogP contribution in [-0.4, -0.2) is 4.98 Å². The molecule has 0 amide bonds. The Balaban J connectivity index is 1.68. The molecular formula is C18H14NS2. The summed E-state index contributed by atoms with van der Waals surface area (Å²) < 4.78 is 1.13. The number of thiol groups is 1. The van der Waals surface area contributed by atoms with E-state index in [1.54, 1.807) is 17.5 Å². The van der Waals surface area contributed by atoms with Crippen LogP contribution in [0.25, 0.3) is 20.7 Å². The van der Waals surface area contributed by atoms with Crippen LogP contribution in [-0.2, 0) is 5.75 Å². The van der Waals surface area contributed by atoms with Gasteiger partial charge >= 0.3 is 0 Å². The highest BCUT2D eigenvalue weighted by Gasteiger charge is 2.07. The van der Waals surface area contributed by atoms with Gasteiger partial charge in [-0.2, -0.15) is 0 Å². The van der Waals surface area contributed by atoms with Gasteiger partial charge in [0.25, 0.3) is 0 Å². The van der Waals surface area contributed by atoms with Crippen LogP contribution >= 0.6 is 22.2 Å². The smallest absolute Gasteiger partial charge is 0.0822 e. The summed E-state index contributed by atoms with van der Waals surface area (Å²) in [6.07, 6.45) is 6.11. The molecule has 1 aromatic carbocycles. The van der Waals surface area contributed by atoms with Crippen molar-refractivity contribution in [2.45, 2.75) is 5.75 Å². The van der Waals surface area contributed by atoms with Crippen LogP contribution in [0.3, 0.4) is 0 Å². The quantitative estimate of drug-likeness (QED) is 0.647. The molecule has 1 nitrogen and oxygen atoms in total. The maximum absolute atomic E-state index is 4.40. The first-order valence-electron chi connectivity index (χ1n) is 6.85. The number of nitrogens with zero attached hydrogens (tertiary/aromatic N) is 1. The van der Waals surface area contributed by atoms with Crippen molar-refractivity contribution in [3.8, 4) is 10.4 Å². The number of rotatable bonds is 3. The molecule has 0 unspecified atom stereocenters. The summed E-state index contributed by atoms with van der Waals surface area (Å²) in [7, 11) is -0.0984. The molecular weight excluding hydrogens is 294 g/mol. The van der Waals surface area contributed by atoms with Crippen LogP contribution in [0.15, 0.2) is 65.6 Å². The number of hydrogen-bond acceptors (Lipinski definition) is 2. The van der Waals surface area contributed by atoms with E-state index >= 15 is 0 Å². The SMILES string of the molecule is [c]1ccnc2cc(-c3cccc(C[SH]4C=CC=C4)c3)sc12. The summed E-state index contributed by atoms with van der Waals surface area (Å²) in [5, 5.41) is 4.64. The van der Waals surface area contributed by atoms with Gasteiger partial charge in [0.05, 0.1) is 10.2 Å². The topological polar surface area (TPSA) is 12.9 Å². The fraction of sp³-hybridized carbons (Fsp3) is 0.0556. The molecule has 103 valence electrons. The van der Waals surface area contributed by atoms with Crippen molar-refractivity contribution in [2.75, 3.05) is 0 Å². The number of fused-ring (bicyclic) bond motifs is 1. The minimum atomic E-state index is -0.0984. The molecule has 0 N–H and O–H groups in total. The molecule has 0 fully saturated rings. The monoisotopic (exact) mass is 308 g/mol. The molecule has 21 heavy (non-hydrogen) atoms. The van der Waals surface area contributed by atoms with Crippen molar-refractivity contribution in [3.05, 3.63) is 77.2 Å². The second kappa shape index (κ2) is 5.51. The number of aromatic nitrogens is 1. The van der Waals surface area contributed by atoms with Crippen LogP contribution in [0.4, 0.5) is 0 Å². The van der Waals surface area contributed by atoms with Crippen LogP contribution < -0.4 is 0 Å². The molecule has 0 atom stereocenters. The number of hydrogen-bond donors (Lipinski definition) is 1. The molecule has 0 saturated carbocycles. The van der Waals surface area contributed by atoms with Crippen LogP contribution in [0.5, 0.6) is 0 Å². The van der Waals surface area contributed by atoms with E-state index in [0.717, 1.165) is 16.0 Å². The lowest BCUT2D eigenvalue weighted by Gasteiger charge is -2.10. The molecule has 0 bridgehead atoms. The zero-order chi connectivity index (χ0) is 14.1. The van der Waals surface area contributed by atoms with Gasteiger partial charge in [-0.1, -0.05) is 30.4 Å². The van der Waals surface area contributed by atoms with Crippen molar-refractivity contribution < 1.29 is 0 Å². The molecule has 0 saturated heterocycles. The van der Waals surface area contributed by atoms with Gasteiger partial charge in [0.1, 0.15) is 0 Å². The Morgan fingerprint density at radius 1 is 1.14 bits per heavy atom. The van der Waals surface area contributed by atoms with Gasteiger partial charge in [-0.15, -0.1) is 11.3 Å². The fourth-order valence-corrected chi connectivity index (χ4v) is 5.01. The first-order chi connectivity index (χ1) is 10.4. The van der Waals surface area contributed by atoms with Gasteiger partial charge in [0.2, 0.25) is 0 Å². The van der Waals surface area contributed by atoms with Gasteiger partial charge in [-0.05, 0) is 40.1 Å². The third-order valence-corrected chi connectivity index (χ3v) is 6.40.